The molecule has 3 heterocycles. The molecule has 3 N–H and O–H groups in total. The number of benzene rings is 1. The van der Waals surface area contributed by atoms with Crippen molar-refractivity contribution in [2.75, 3.05) is 38.3 Å². The predicted octanol–water partition coefficient (Wildman–Crippen LogP) is 4.51. The number of carboxylic acids is 1. The van der Waals surface area contributed by atoms with Crippen molar-refractivity contribution in [3.63, 3.8) is 0 Å². The summed E-state index contributed by atoms with van der Waals surface area (Å²) in [5.74, 6) is -0.873. The number of unbranched alkanes of at least 4 members (excludes halogenated alkanes) is 1. The van der Waals surface area contributed by atoms with Crippen LogP contribution in [0.2, 0.25) is 0 Å². The molecule has 218 valence electrons. The minimum Gasteiger partial charge on any atom is -0.480 e. The number of nitrogens with zero attached hydrogens (tertiary/aromatic N) is 1. The van der Waals surface area contributed by atoms with Gasteiger partial charge in [0, 0.05) is 45.1 Å². The standard InChI is InChI=1S/C29H36F3N3O5/c30-29(31,32)22-7-3-6-21(19-22)28(12-17-40-18-13-28)27(38)35-24(26(36)37)11-16-39-15-2-1-8-23-10-9-20-5-4-14-33-25(20)34-23/h3,6-7,9-10,19,24H,1-2,4-5,8,11-18H2,(H,33,34)(H,35,38)(H,36,37)/t24-/m0/s1. The van der Waals surface area contributed by atoms with Crippen LogP contribution in [0.4, 0.5) is 19.0 Å². The lowest BCUT2D eigenvalue weighted by atomic mass is 9.72. The molecule has 2 aliphatic heterocycles. The zero-order valence-electron chi connectivity index (χ0n) is 22.4. The van der Waals surface area contributed by atoms with Crippen molar-refractivity contribution in [2.45, 2.75) is 69.0 Å². The Balaban J connectivity index is 1.27. The Kier molecular flexibility index (Phi) is 10.0. The molecule has 0 spiro atoms. The number of carboxylic acid groups (broad SMARTS) is 1. The molecule has 2 aliphatic rings. The first-order chi connectivity index (χ1) is 19.2. The van der Waals surface area contributed by atoms with Crippen molar-refractivity contribution in [2.24, 2.45) is 0 Å². The third-order valence-corrected chi connectivity index (χ3v) is 7.60. The first-order valence-corrected chi connectivity index (χ1v) is 13.8. The van der Waals surface area contributed by atoms with Gasteiger partial charge in [0.15, 0.2) is 0 Å². The quantitative estimate of drug-likeness (QED) is 0.326. The summed E-state index contributed by atoms with van der Waals surface area (Å²) in [5.41, 5.74) is 0.299. The van der Waals surface area contributed by atoms with Gasteiger partial charge < -0.3 is 25.2 Å². The number of carbonyl (C=O) groups is 2. The Morgan fingerprint density at radius 2 is 1.95 bits per heavy atom. The van der Waals surface area contributed by atoms with Crippen LogP contribution in [0.3, 0.4) is 0 Å². The van der Waals surface area contributed by atoms with Gasteiger partial charge in [-0.05, 0) is 68.2 Å². The van der Waals surface area contributed by atoms with Crippen molar-refractivity contribution in [1.29, 1.82) is 0 Å². The molecular formula is C29H36F3N3O5. The Morgan fingerprint density at radius 1 is 1.15 bits per heavy atom. The molecule has 1 amide bonds. The summed E-state index contributed by atoms with van der Waals surface area (Å²) < 4.78 is 51.1. The smallest absolute Gasteiger partial charge is 0.416 e. The Morgan fingerprint density at radius 3 is 2.70 bits per heavy atom. The molecule has 1 aromatic heterocycles. The van der Waals surface area contributed by atoms with E-state index in [2.05, 4.69) is 27.8 Å². The van der Waals surface area contributed by atoms with Crippen molar-refractivity contribution in [3.8, 4) is 0 Å². The van der Waals surface area contributed by atoms with Gasteiger partial charge in [-0.25, -0.2) is 9.78 Å². The number of alkyl halides is 3. The highest BCUT2D eigenvalue weighted by molar-refractivity contribution is 5.91. The van der Waals surface area contributed by atoms with Gasteiger partial charge in [0.2, 0.25) is 5.91 Å². The molecule has 0 aliphatic carbocycles. The van der Waals surface area contributed by atoms with Crippen molar-refractivity contribution in [1.82, 2.24) is 10.3 Å². The number of fused-ring (bicyclic) bond motifs is 1. The Labute approximate surface area is 231 Å². The number of rotatable bonds is 12. The minimum absolute atomic E-state index is 0.0360. The number of aromatic nitrogens is 1. The lowest BCUT2D eigenvalue weighted by molar-refractivity contribution is -0.144. The molecule has 0 saturated carbocycles. The second-order valence-corrected chi connectivity index (χ2v) is 10.3. The number of pyridine rings is 1. The number of aryl methyl sites for hydroxylation is 2. The second-order valence-electron chi connectivity index (χ2n) is 10.3. The molecule has 0 radical (unpaired) electrons. The number of hydrogen-bond donors (Lipinski definition) is 3. The summed E-state index contributed by atoms with van der Waals surface area (Å²) >= 11 is 0. The molecule has 2 aromatic rings. The molecule has 1 fully saturated rings. The van der Waals surface area contributed by atoms with E-state index in [1.54, 1.807) is 0 Å². The number of nitrogens with one attached hydrogen (secondary N) is 2. The van der Waals surface area contributed by atoms with Gasteiger partial charge >= 0.3 is 12.1 Å². The van der Waals surface area contributed by atoms with Gasteiger partial charge in [-0.1, -0.05) is 24.3 Å². The second kappa shape index (κ2) is 13.5. The van der Waals surface area contributed by atoms with E-state index >= 15 is 0 Å². The molecule has 1 aromatic carbocycles. The average Bonchev–Trinajstić information content (AvgIpc) is 2.95. The maximum absolute atomic E-state index is 13.4. The van der Waals surface area contributed by atoms with Crippen LogP contribution in [0.15, 0.2) is 36.4 Å². The first-order valence-electron chi connectivity index (χ1n) is 13.8. The zero-order chi connectivity index (χ0) is 28.6. The molecular weight excluding hydrogens is 527 g/mol. The van der Waals surface area contributed by atoms with Gasteiger partial charge in [-0.15, -0.1) is 0 Å². The molecule has 40 heavy (non-hydrogen) atoms. The molecule has 11 heteroatoms. The Hall–Kier alpha value is -3.18. The lowest BCUT2D eigenvalue weighted by Gasteiger charge is -2.37. The third-order valence-electron chi connectivity index (χ3n) is 7.60. The SMILES string of the molecule is O=C(O)[C@H](CCOCCCCc1ccc2c(n1)NCCC2)NC(=O)C1(c2cccc(C(F)(F)F)c2)CCOCC1. The van der Waals surface area contributed by atoms with E-state index in [0.29, 0.717) is 6.61 Å². The summed E-state index contributed by atoms with van der Waals surface area (Å²) in [6.07, 6.45) is 0.388. The number of aliphatic carboxylic acids is 1. The normalized spacial score (nSPS) is 17.4. The van der Waals surface area contributed by atoms with Crippen LogP contribution in [0.25, 0.3) is 0 Å². The fourth-order valence-electron chi connectivity index (χ4n) is 5.24. The maximum atomic E-state index is 13.4. The van der Waals surface area contributed by atoms with Crippen molar-refractivity contribution < 1.29 is 37.3 Å². The summed E-state index contributed by atoms with van der Waals surface area (Å²) in [7, 11) is 0. The van der Waals surface area contributed by atoms with Crippen molar-refractivity contribution >= 4 is 17.7 Å². The third kappa shape index (κ3) is 7.51. The van der Waals surface area contributed by atoms with Crippen LogP contribution in [-0.4, -0.2) is 61.0 Å². The summed E-state index contributed by atoms with van der Waals surface area (Å²) in [6.45, 7) is 1.87. The highest BCUT2D eigenvalue weighted by atomic mass is 19.4. The van der Waals surface area contributed by atoms with Crippen LogP contribution in [0, 0.1) is 0 Å². The van der Waals surface area contributed by atoms with E-state index in [4.69, 9.17) is 9.47 Å². The molecule has 0 bridgehead atoms. The number of ether oxygens (including phenoxy) is 2. The van der Waals surface area contributed by atoms with Crippen LogP contribution < -0.4 is 10.6 Å². The number of amides is 1. The lowest BCUT2D eigenvalue weighted by Crippen LogP contribution is -2.53. The van der Waals surface area contributed by atoms with Gasteiger partial charge in [-0.3, -0.25) is 4.79 Å². The van der Waals surface area contributed by atoms with E-state index in [-0.39, 0.29) is 44.6 Å². The molecule has 0 unspecified atom stereocenters. The van der Waals surface area contributed by atoms with Gasteiger partial charge in [-0.2, -0.15) is 13.2 Å². The highest BCUT2D eigenvalue weighted by Crippen LogP contribution is 2.38. The van der Waals surface area contributed by atoms with E-state index in [1.807, 2.05) is 0 Å². The van der Waals surface area contributed by atoms with Crippen LogP contribution >= 0.6 is 0 Å². The van der Waals surface area contributed by atoms with Crippen LogP contribution in [0.1, 0.15) is 60.9 Å². The highest BCUT2D eigenvalue weighted by Gasteiger charge is 2.44. The summed E-state index contributed by atoms with van der Waals surface area (Å²) in [6, 6.07) is 7.62. The monoisotopic (exact) mass is 563 g/mol. The fourth-order valence-corrected chi connectivity index (χ4v) is 5.24. The van der Waals surface area contributed by atoms with Crippen LogP contribution in [0.5, 0.6) is 0 Å². The zero-order valence-corrected chi connectivity index (χ0v) is 22.4. The predicted molar refractivity (Wildman–Crippen MR) is 142 cm³/mol. The van der Waals surface area contributed by atoms with E-state index in [1.165, 1.54) is 17.7 Å². The average molecular weight is 564 g/mol. The van der Waals surface area contributed by atoms with Crippen molar-refractivity contribution in [3.05, 3.63) is 58.8 Å². The number of halogens is 3. The number of carbonyl (C=O) groups excluding carboxylic acids is 1. The van der Waals surface area contributed by atoms with E-state index in [0.717, 1.165) is 62.3 Å². The minimum atomic E-state index is -4.56. The van der Waals surface area contributed by atoms with Gasteiger partial charge in [0.1, 0.15) is 11.9 Å². The molecule has 8 nitrogen and oxygen atoms in total. The molecule has 1 saturated heterocycles. The topological polar surface area (TPSA) is 110 Å². The van der Waals surface area contributed by atoms with Crippen LogP contribution in [-0.2, 0) is 43.5 Å². The fraction of sp³-hybridized carbons (Fsp3) is 0.552. The summed E-state index contributed by atoms with van der Waals surface area (Å²) in [5, 5.41) is 15.6. The number of anilines is 1. The molecule has 4 rings (SSSR count). The maximum Gasteiger partial charge on any atom is 0.416 e. The van der Waals surface area contributed by atoms with E-state index < -0.39 is 35.1 Å². The number of hydrogen-bond acceptors (Lipinski definition) is 6. The van der Waals surface area contributed by atoms with Gasteiger partial charge in [0.05, 0.1) is 11.0 Å². The summed E-state index contributed by atoms with van der Waals surface area (Å²) in [4.78, 5) is 30.0. The molecule has 1 atom stereocenters. The van der Waals surface area contributed by atoms with Gasteiger partial charge in [0.25, 0.3) is 0 Å². The first kappa shape index (κ1) is 29.8. The largest absolute Gasteiger partial charge is 0.480 e. The van der Waals surface area contributed by atoms with E-state index in [9.17, 15) is 27.9 Å². The Bertz CT molecular complexity index is 1170.